The summed E-state index contributed by atoms with van der Waals surface area (Å²) in [6.07, 6.45) is 3.27. The third kappa shape index (κ3) is 8.01. The first-order chi connectivity index (χ1) is 17.4. The monoisotopic (exact) mass is 489 g/mol. The number of carbonyl (C=O) groups is 2. The summed E-state index contributed by atoms with van der Waals surface area (Å²) in [5.74, 6) is 1.11. The molecule has 0 aliphatic rings. The van der Waals surface area contributed by atoms with Crippen molar-refractivity contribution in [3.05, 3.63) is 89.7 Å². The molecule has 1 aromatic heterocycles. The van der Waals surface area contributed by atoms with Gasteiger partial charge in [-0.1, -0.05) is 63.2 Å². The van der Waals surface area contributed by atoms with Crippen LogP contribution in [0.1, 0.15) is 50.4 Å². The van der Waals surface area contributed by atoms with Gasteiger partial charge in [-0.25, -0.2) is 0 Å². The molecular weight excluding hydrogens is 450 g/mol. The molecule has 0 N–H and O–H groups in total. The third-order valence-electron chi connectivity index (χ3n) is 6.06. The highest BCUT2D eigenvalue weighted by atomic mass is 16.5. The molecule has 0 spiro atoms. The summed E-state index contributed by atoms with van der Waals surface area (Å²) in [5, 5.41) is 0. The Bertz CT molecular complexity index is 1110. The second kappa shape index (κ2) is 13.5. The van der Waals surface area contributed by atoms with Crippen LogP contribution in [0.3, 0.4) is 0 Å². The van der Waals surface area contributed by atoms with Gasteiger partial charge in [0.05, 0.1) is 20.2 Å². The second-order valence-corrected chi connectivity index (χ2v) is 9.63. The SMILES string of the molecule is CCCC(=O)N(CC(=O)N(Cc1ccccc1)Cc1cccn1Cc1cccc(OC)c1)CC(C)C. The minimum atomic E-state index is -0.0434. The first kappa shape index (κ1) is 27.1. The molecule has 1 heterocycles. The van der Waals surface area contributed by atoms with E-state index in [1.807, 2.05) is 72.6 Å². The van der Waals surface area contributed by atoms with E-state index in [1.54, 1.807) is 12.0 Å². The summed E-state index contributed by atoms with van der Waals surface area (Å²) < 4.78 is 7.53. The molecule has 3 aromatic rings. The molecule has 0 unspecified atom stereocenters. The number of nitrogens with zero attached hydrogens (tertiary/aromatic N) is 3. The van der Waals surface area contributed by atoms with Gasteiger partial charge in [0.2, 0.25) is 11.8 Å². The van der Waals surface area contributed by atoms with Crippen molar-refractivity contribution in [1.29, 1.82) is 0 Å². The number of carbonyl (C=O) groups excluding carboxylic acids is 2. The fraction of sp³-hybridized carbons (Fsp3) is 0.400. The largest absolute Gasteiger partial charge is 0.497 e. The Balaban J connectivity index is 1.82. The number of hydrogen-bond donors (Lipinski definition) is 0. The Labute approximate surface area is 215 Å². The maximum atomic E-state index is 13.6. The fourth-order valence-electron chi connectivity index (χ4n) is 4.28. The van der Waals surface area contributed by atoms with Gasteiger partial charge in [-0.2, -0.15) is 0 Å². The number of hydrogen-bond acceptors (Lipinski definition) is 3. The quantitative estimate of drug-likeness (QED) is 0.325. The van der Waals surface area contributed by atoms with Gasteiger partial charge < -0.3 is 19.1 Å². The van der Waals surface area contributed by atoms with E-state index < -0.39 is 0 Å². The first-order valence-electron chi connectivity index (χ1n) is 12.8. The molecule has 0 saturated carbocycles. The van der Waals surface area contributed by atoms with Crippen molar-refractivity contribution in [2.24, 2.45) is 5.92 Å². The van der Waals surface area contributed by atoms with E-state index in [9.17, 15) is 9.59 Å². The molecule has 6 heteroatoms. The molecule has 192 valence electrons. The number of aromatic nitrogens is 1. The number of ether oxygens (including phenoxy) is 1. The molecule has 3 rings (SSSR count). The van der Waals surface area contributed by atoms with E-state index in [1.165, 1.54) is 0 Å². The lowest BCUT2D eigenvalue weighted by molar-refractivity contribution is -0.141. The molecule has 0 aliphatic heterocycles. The molecule has 0 aliphatic carbocycles. The Kier molecular flexibility index (Phi) is 10.2. The predicted octanol–water partition coefficient (Wildman–Crippen LogP) is 5.36. The topological polar surface area (TPSA) is 54.8 Å². The van der Waals surface area contributed by atoms with Gasteiger partial charge in [-0.05, 0) is 47.7 Å². The Hall–Kier alpha value is -3.54. The van der Waals surface area contributed by atoms with Crippen LogP contribution in [0.15, 0.2) is 72.9 Å². The maximum Gasteiger partial charge on any atom is 0.242 e. The zero-order valence-electron chi connectivity index (χ0n) is 22.0. The standard InChI is InChI=1S/C30H39N3O3/c1-5-11-29(34)32(19-24(2)3)23-30(35)33(20-25-12-7-6-8-13-25)22-27-15-10-17-31(27)21-26-14-9-16-28(18-26)36-4/h6-10,12-18,24H,5,11,19-23H2,1-4H3. The zero-order valence-corrected chi connectivity index (χ0v) is 22.0. The summed E-state index contributed by atoms with van der Waals surface area (Å²) in [6, 6.07) is 22.1. The van der Waals surface area contributed by atoms with Crippen LogP contribution in [0.5, 0.6) is 5.75 Å². The second-order valence-electron chi connectivity index (χ2n) is 9.63. The molecule has 0 bridgehead atoms. The van der Waals surface area contributed by atoms with Crippen LogP contribution >= 0.6 is 0 Å². The number of benzene rings is 2. The first-order valence-corrected chi connectivity index (χ1v) is 12.8. The minimum Gasteiger partial charge on any atom is -0.497 e. The lowest BCUT2D eigenvalue weighted by atomic mass is 10.1. The van der Waals surface area contributed by atoms with Crippen molar-refractivity contribution < 1.29 is 14.3 Å². The van der Waals surface area contributed by atoms with Crippen molar-refractivity contribution in [3.8, 4) is 5.75 Å². The summed E-state index contributed by atoms with van der Waals surface area (Å²) in [7, 11) is 1.67. The number of methoxy groups -OCH3 is 1. The molecule has 2 aromatic carbocycles. The van der Waals surface area contributed by atoms with Gasteiger partial charge >= 0.3 is 0 Å². The van der Waals surface area contributed by atoms with Crippen LogP contribution in [-0.4, -0.2) is 46.4 Å². The van der Waals surface area contributed by atoms with Gasteiger partial charge in [-0.3, -0.25) is 9.59 Å². The average molecular weight is 490 g/mol. The van der Waals surface area contributed by atoms with Crippen molar-refractivity contribution >= 4 is 11.8 Å². The van der Waals surface area contributed by atoms with Crippen LogP contribution in [0.2, 0.25) is 0 Å². The molecule has 0 fully saturated rings. The van der Waals surface area contributed by atoms with Crippen LogP contribution in [-0.2, 0) is 29.2 Å². The molecule has 0 saturated heterocycles. The highest BCUT2D eigenvalue weighted by Gasteiger charge is 2.23. The normalized spacial score (nSPS) is 10.9. The number of rotatable bonds is 13. The lowest BCUT2D eigenvalue weighted by Crippen LogP contribution is -2.44. The van der Waals surface area contributed by atoms with Crippen molar-refractivity contribution in [2.75, 3.05) is 20.2 Å². The van der Waals surface area contributed by atoms with Gasteiger partial charge in [0.1, 0.15) is 5.75 Å². The Morgan fingerprint density at radius 2 is 1.64 bits per heavy atom. The molecule has 2 amide bonds. The van der Waals surface area contributed by atoms with Crippen LogP contribution in [0, 0.1) is 5.92 Å². The third-order valence-corrected chi connectivity index (χ3v) is 6.06. The molecular formula is C30H39N3O3. The summed E-state index contributed by atoms with van der Waals surface area (Å²) in [5.41, 5.74) is 3.23. The highest BCUT2D eigenvalue weighted by molar-refractivity contribution is 5.84. The van der Waals surface area contributed by atoms with E-state index >= 15 is 0 Å². The molecule has 36 heavy (non-hydrogen) atoms. The van der Waals surface area contributed by atoms with Gasteiger partial charge in [0.25, 0.3) is 0 Å². The molecule has 0 radical (unpaired) electrons. The van der Waals surface area contributed by atoms with E-state index in [0.29, 0.717) is 38.5 Å². The average Bonchev–Trinajstić information content (AvgIpc) is 3.30. The highest BCUT2D eigenvalue weighted by Crippen LogP contribution is 2.17. The predicted molar refractivity (Wildman–Crippen MR) is 144 cm³/mol. The van der Waals surface area contributed by atoms with E-state index in [4.69, 9.17) is 4.74 Å². The van der Waals surface area contributed by atoms with E-state index in [0.717, 1.165) is 29.0 Å². The van der Waals surface area contributed by atoms with Crippen LogP contribution < -0.4 is 4.74 Å². The van der Waals surface area contributed by atoms with Crippen molar-refractivity contribution in [3.63, 3.8) is 0 Å². The van der Waals surface area contributed by atoms with Crippen molar-refractivity contribution in [2.45, 2.75) is 53.2 Å². The lowest BCUT2D eigenvalue weighted by Gasteiger charge is -2.29. The summed E-state index contributed by atoms with van der Waals surface area (Å²) in [6.45, 7) is 8.45. The van der Waals surface area contributed by atoms with Crippen molar-refractivity contribution in [1.82, 2.24) is 14.4 Å². The Morgan fingerprint density at radius 1 is 0.889 bits per heavy atom. The zero-order chi connectivity index (χ0) is 25.9. The number of amides is 2. The van der Waals surface area contributed by atoms with Gasteiger partial charge in [0, 0.05) is 37.9 Å². The fourth-order valence-corrected chi connectivity index (χ4v) is 4.28. The van der Waals surface area contributed by atoms with E-state index in [-0.39, 0.29) is 18.4 Å². The van der Waals surface area contributed by atoms with Crippen LogP contribution in [0.25, 0.3) is 0 Å². The van der Waals surface area contributed by atoms with E-state index in [2.05, 4.69) is 30.5 Å². The summed E-state index contributed by atoms with van der Waals surface area (Å²) >= 11 is 0. The Morgan fingerprint density at radius 3 is 2.33 bits per heavy atom. The molecule has 0 atom stereocenters. The summed E-state index contributed by atoms with van der Waals surface area (Å²) in [4.78, 5) is 30.0. The maximum absolute atomic E-state index is 13.6. The van der Waals surface area contributed by atoms with Gasteiger partial charge in [0.15, 0.2) is 0 Å². The smallest absolute Gasteiger partial charge is 0.242 e. The minimum absolute atomic E-state index is 0.0422. The van der Waals surface area contributed by atoms with Crippen LogP contribution in [0.4, 0.5) is 0 Å². The van der Waals surface area contributed by atoms with Gasteiger partial charge in [-0.15, -0.1) is 0 Å². The molecule has 6 nitrogen and oxygen atoms in total.